The summed E-state index contributed by atoms with van der Waals surface area (Å²) in [6, 6.07) is 0. The van der Waals surface area contributed by atoms with E-state index in [9.17, 15) is 13.8 Å². The van der Waals surface area contributed by atoms with Crippen molar-refractivity contribution in [3.63, 3.8) is 0 Å². The molecule has 0 rings (SSSR count). The monoisotopic (exact) mass is 614 g/mol. The van der Waals surface area contributed by atoms with E-state index in [0.29, 0.717) is 0 Å². The summed E-state index contributed by atoms with van der Waals surface area (Å²) in [5.74, 6) is -1.11. The molecule has 0 aliphatic heterocycles. The second kappa shape index (κ2) is 34.6. The summed E-state index contributed by atoms with van der Waals surface area (Å²) in [5.41, 5.74) is 0. The maximum atomic E-state index is 11.9. The normalized spacial score (nSPS) is 11.3. The predicted octanol–water partition coefficient (Wildman–Crippen LogP) is 12.2. The van der Waals surface area contributed by atoms with Crippen LogP contribution >= 0.6 is 0 Å². The van der Waals surface area contributed by atoms with Gasteiger partial charge in [0.25, 0.3) is 0 Å². The molecular weight excluding hydrogens is 544 g/mol. The van der Waals surface area contributed by atoms with E-state index in [-0.39, 0.29) is 12.8 Å². The zero-order valence-corrected chi connectivity index (χ0v) is 28.9. The fourth-order valence-electron chi connectivity index (χ4n) is 5.53. The highest BCUT2D eigenvalue weighted by Gasteiger charge is 2.14. The summed E-state index contributed by atoms with van der Waals surface area (Å²) in [4.78, 5) is 23.7. The zero-order chi connectivity index (χ0) is 30.8. The molecule has 0 radical (unpaired) electrons. The molecule has 0 saturated carbocycles. The summed E-state index contributed by atoms with van der Waals surface area (Å²) in [6.45, 7) is 4.53. The minimum absolute atomic E-state index is 0.223. The highest BCUT2D eigenvalue weighted by molar-refractivity contribution is 7.76. The Bertz CT molecular complexity index is 560. The van der Waals surface area contributed by atoms with Crippen LogP contribution in [0.4, 0.5) is 0 Å². The molecule has 0 N–H and O–H groups in total. The Kier molecular flexibility index (Phi) is 33.8. The van der Waals surface area contributed by atoms with Crippen LogP contribution in [0, 0.1) is 0 Å². The van der Waals surface area contributed by atoms with Crippen molar-refractivity contribution in [2.45, 2.75) is 219 Å². The average molecular weight is 615 g/mol. The fourth-order valence-corrected chi connectivity index (χ4v) is 6.04. The van der Waals surface area contributed by atoms with Gasteiger partial charge in [-0.05, 0) is 12.8 Å². The van der Waals surface area contributed by atoms with Gasteiger partial charge < -0.3 is 8.37 Å². The largest absolute Gasteiger partial charge is 0.422 e. The molecular formula is C36H70O5S. The van der Waals surface area contributed by atoms with Crippen LogP contribution in [0.3, 0.4) is 0 Å². The standard InChI is InChI=1S/C36H70O5S/c1-3-5-7-9-11-13-15-17-19-21-23-25-27-29-31-33-35(37)40-42(39)41-36(38)34-32-30-28-26-24-22-20-18-16-14-12-10-8-6-4-2/h3-34H2,1-2H3. The Balaban J connectivity index is 3.40. The molecule has 42 heavy (non-hydrogen) atoms. The first kappa shape index (κ1) is 41.1. The van der Waals surface area contributed by atoms with E-state index >= 15 is 0 Å². The number of rotatable bonds is 34. The van der Waals surface area contributed by atoms with Crippen molar-refractivity contribution in [2.24, 2.45) is 0 Å². The van der Waals surface area contributed by atoms with Crippen molar-refractivity contribution in [1.82, 2.24) is 0 Å². The molecule has 0 spiro atoms. The molecule has 0 bridgehead atoms. The third-order valence-corrected chi connectivity index (χ3v) is 8.93. The molecule has 0 aliphatic rings. The number of unbranched alkanes of at least 4 members (excludes halogenated alkanes) is 28. The minimum atomic E-state index is -2.32. The first-order valence-corrected chi connectivity index (χ1v) is 19.4. The van der Waals surface area contributed by atoms with Crippen molar-refractivity contribution in [1.29, 1.82) is 0 Å². The summed E-state index contributed by atoms with van der Waals surface area (Å²) >= 11 is -2.32. The maximum Gasteiger partial charge on any atom is 0.422 e. The smallest absolute Gasteiger partial charge is 0.334 e. The molecule has 0 aromatic rings. The van der Waals surface area contributed by atoms with Crippen LogP contribution in [-0.2, 0) is 29.3 Å². The zero-order valence-electron chi connectivity index (χ0n) is 28.1. The third-order valence-electron chi connectivity index (χ3n) is 8.29. The van der Waals surface area contributed by atoms with E-state index in [1.807, 2.05) is 0 Å². The van der Waals surface area contributed by atoms with Gasteiger partial charge >= 0.3 is 23.3 Å². The molecule has 0 aromatic carbocycles. The van der Waals surface area contributed by atoms with Crippen LogP contribution in [0.1, 0.15) is 219 Å². The van der Waals surface area contributed by atoms with E-state index in [2.05, 4.69) is 13.8 Å². The van der Waals surface area contributed by atoms with Gasteiger partial charge in [-0.3, -0.25) is 9.59 Å². The van der Waals surface area contributed by atoms with Gasteiger partial charge in [0.05, 0.1) is 0 Å². The van der Waals surface area contributed by atoms with Gasteiger partial charge in [0.15, 0.2) is 0 Å². The highest BCUT2D eigenvalue weighted by atomic mass is 32.2. The summed E-state index contributed by atoms with van der Waals surface area (Å²) < 4.78 is 21.3. The topological polar surface area (TPSA) is 69.7 Å². The van der Waals surface area contributed by atoms with Crippen molar-refractivity contribution in [2.75, 3.05) is 0 Å². The molecule has 250 valence electrons. The lowest BCUT2D eigenvalue weighted by Gasteiger charge is -2.05. The van der Waals surface area contributed by atoms with Gasteiger partial charge in [0.1, 0.15) is 0 Å². The Morgan fingerprint density at radius 3 is 0.762 bits per heavy atom. The molecule has 0 atom stereocenters. The van der Waals surface area contributed by atoms with E-state index in [1.165, 1.54) is 154 Å². The Labute approximate surface area is 264 Å². The van der Waals surface area contributed by atoms with Crippen molar-refractivity contribution in [3.8, 4) is 0 Å². The van der Waals surface area contributed by atoms with Gasteiger partial charge in [-0.2, -0.15) is 4.21 Å². The van der Waals surface area contributed by atoms with Crippen molar-refractivity contribution >= 4 is 23.3 Å². The predicted molar refractivity (Wildman–Crippen MR) is 179 cm³/mol. The SMILES string of the molecule is CCCCCCCCCCCCCCCCCC(=O)OS(=O)OC(=O)CCCCCCCCCCCCCCCCC. The lowest BCUT2D eigenvalue weighted by atomic mass is 10.0. The molecule has 0 amide bonds. The van der Waals surface area contributed by atoms with Crippen LogP contribution in [0.15, 0.2) is 0 Å². The van der Waals surface area contributed by atoms with Crippen LogP contribution in [0.2, 0.25) is 0 Å². The van der Waals surface area contributed by atoms with Crippen LogP contribution in [0.5, 0.6) is 0 Å². The maximum absolute atomic E-state index is 11.9. The molecule has 6 heteroatoms. The van der Waals surface area contributed by atoms with Crippen molar-refractivity contribution in [3.05, 3.63) is 0 Å². The summed E-state index contributed by atoms with van der Waals surface area (Å²) in [7, 11) is 0. The van der Waals surface area contributed by atoms with E-state index in [1.54, 1.807) is 0 Å². The summed E-state index contributed by atoms with van der Waals surface area (Å²) in [6.07, 6.45) is 38.4. The lowest BCUT2D eigenvalue weighted by molar-refractivity contribution is -0.137. The van der Waals surface area contributed by atoms with Crippen LogP contribution in [0.25, 0.3) is 0 Å². The first-order valence-electron chi connectivity index (χ1n) is 18.4. The number of carbonyl (C=O) groups is 2. The molecule has 0 aliphatic carbocycles. The average Bonchev–Trinajstić information content (AvgIpc) is 2.97. The second-order valence-electron chi connectivity index (χ2n) is 12.5. The number of hydrogen-bond donors (Lipinski definition) is 0. The summed E-state index contributed by atoms with van der Waals surface area (Å²) in [5, 5.41) is 0. The van der Waals surface area contributed by atoms with Gasteiger partial charge in [0, 0.05) is 12.8 Å². The minimum Gasteiger partial charge on any atom is -0.334 e. The third kappa shape index (κ3) is 33.6. The second-order valence-corrected chi connectivity index (χ2v) is 13.3. The van der Waals surface area contributed by atoms with Gasteiger partial charge in [0.2, 0.25) is 0 Å². The Hall–Kier alpha value is -0.910. The number of hydrogen-bond acceptors (Lipinski definition) is 5. The Morgan fingerprint density at radius 2 is 0.548 bits per heavy atom. The van der Waals surface area contributed by atoms with Gasteiger partial charge in [-0.1, -0.05) is 194 Å². The highest BCUT2D eigenvalue weighted by Crippen LogP contribution is 2.15. The molecule has 0 fully saturated rings. The molecule has 0 saturated heterocycles. The fraction of sp³-hybridized carbons (Fsp3) is 0.944. The van der Waals surface area contributed by atoms with Gasteiger partial charge in [-0.25, -0.2) is 0 Å². The van der Waals surface area contributed by atoms with Crippen molar-refractivity contribution < 1.29 is 22.2 Å². The van der Waals surface area contributed by atoms with Crippen LogP contribution in [-0.4, -0.2) is 16.1 Å². The van der Waals surface area contributed by atoms with E-state index in [4.69, 9.17) is 8.37 Å². The van der Waals surface area contributed by atoms with Crippen LogP contribution < -0.4 is 0 Å². The Morgan fingerprint density at radius 1 is 0.357 bits per heavy atom. The van der Waals surface area contributed by atoms with E-state index < -0.39 is 23.3 Å². The quantitative estimate of drug-likeness (QED) is 0.0674. The lowest BCUT2D eigenvalue weighted by Crippen LogP contribution is -2.13. The molecule has 5 nitrogen and oxygen atoms in total. The molecule has 0 heterocycles. The van der Waals surface area contributed by atoms with Gasteiger partial charge in [-0.15, -0.1) is 0 Å². The first-order chi connectivity index (χ1) is 20.6. The number of carbonyl (C=O) groups excluding carboxylic acids is 2. The van der Waals surface area contributed by atoms with E-state index in [0.717, 1.165) is 38.5 Å². The molecule has 0 aromatic heterocycles. The molecule has 0 unspecified atom stereocenters.